The molecule has 1 saturated heterocycles. The average molecular weight is 422 g/mol. The van der Waals surface area contributed by atoms with E-state index < -0.39 is 0 Å². The van der Waals surface area contributed by atoms with Crippen LogP contribution in [0.1, 0.15) is 34.8 Å². The molecule has 1 N–H and O–H groups in total. The maximum absolute atomic E-state index is 12.8. The van der Waals surface area contributed by atoms with Crippen molar-refractivity contribution in [1.82, 2.24) is 19.9 Å². The molecule has 4 rings (SSSR count). The number of likely N-dealkylation sites (tertiary alicyclic amines) is 1. The zero-order chi connectivity index (χ0) is 20.9. The van der Waals surface area contributed by atoms with E-state index in [4.69, 9.17) is 0 Å². The van der Waals surface area contributed by atoms with Crippen LogP contribution < -0.4 is 5.32 Å². The first kappa shape index (κ1) is 20.5. The summed E-state index contributed by atoms with van der Waals surface area (Å²) in [5.74, 6) is 2.16. The van der Waals surface area contributed by atoms with Gasteiger partial charge in [-0.15, -0.1) is 11.3 Å². The quantitative estimate of drug-likeness (QED) is 0.642. The molecule has 1 aliphatic heterocycles. The number of nitrogens with zero attached hydrogens (tertiary/aromatic N) is 4. The van der Waals surface area contributed by atoms with Crippen molar-refractivity contribution >= 4 is 28.2 Å². The zero-order valence-corrected chi connectivity index (χ0v) is 18.3. The Bertz CT molecular complexity index is 1000. The molecular formula is C23H27N5OS. The van der Waals surface area contributed by atoms with Gasteiger partial charge in [-0.25, -0.2) is 15.0 Å². The summed E-state index contributed by atoms with van der Waals surface area (Å²) in [5, 5.41) is 4.13. The summed E-state index contributed by atoms with van der Waals surface area (Å²) in [7, 11) is 0. The van der Waals surface area contributed by atoms with E-state index in [1.165, 1.54) is 0 Å². The molecule has 6 nitrogen and oxygen atoms in total. The molecule has 1 atom stereocenters. The minimum absolute atomic E-state index is 0.214. The summed E-state index contributed by atoms with van der Waals surface area (Å²) < 4.78 is 0. The van der Waals surface area contributed by atoms with Crippen molar-refractivity contribution in [3.05, 3.63) is 64.6 Å². The van der Waals surface area contributed by atoms with E-state index in [9.17, 15) is 4.79 Å². The lowest BCUT2D eigenvalue weighted by molar-refractivity contribution is -0.132. The first-order chi connectivity index (χ1) is 14.5. The summed E-state index contributed by atoms with van der Waals surface area (Å²) in [4.78, 5) is 29.4. The second-order valence-electron chi connectivity index (χ2n) is 7.91. The number of hydrogen-bond acceptors (Lipinski definition) is 6. The van der Waals surface area contributed by atoms with Crippen LogP contribution in [-0.2, 0) is 17.6 Å². The van der Waals surface area contributed by atoms with Gasteiger partial charge in [0.25, 0.3) is 0 Å². The van der Waals surface area contributed by atoms with Gasteiger partial charge >= 0.3 is 0 Å². The lowest BCUT2D eigenvalue weighted by Gasteiger charge is -2.33. The first-order valence-electron chi connectivity index (χ1n) is 10.4. The van der Waals surface area contributed by atoms with Crippen molar-refractivity contribution in [3.63, 3.8) is 0 Å². The largest absolute Gasteiger partial charge is 0.342 e. The third-order valence-corrected chi connectivity index (χ3v) is 6.14. The van der Waals surface area contributed by atoms with Crippen LogP contribution >= 0.6 is 11.3 Å². The summed E-state index contributed by atoms with van der Waals surface area (Å²) in [6, 6.07) is 12.0. The minimum atomic E-state index is 0.214. The maximum atomic E-state index is 12.8. The Morgan fingerprint density at radius 3 is 2.83 bits per heavy atom. The molecular weight excluding hydrogens is 394 g/mol. The number of aromatic nitrogens is 3. The molecule has 0 unspecified atom stereocenters. The number of rotatable bonds is 6. The molecule has 0 bridgehead atoms. The van der Waals surface area contributed by atoms with Crippen LogP contribution in [0.5, 0.6) is 0 Å². The van der Waals surface area contributed by atoms with Gasteiger partial charge in [0.15, 0.2) is 5.13 Å². The van der Waals surface area contributed by atoms with Crippen LogP contribution in [0.4, 0.5) is 10.9 Å². The molecule has 1 amide bonds. The number of hydrogen-bond donors (Lipinski definition) is 1. The van der Waals surface area contributed by atoms with Crippen LogP contribution in [0, 0.1) is 19.8 Å². The van der Waals surface area contributed by atoms with Gasteiger partial charge in [0, 0.05) is 35.9 Å². The van der Waals surface area contributed by atoms with E-state index in [1.807, 2.05) is 61.3 Å². The second kappa shape index (κ2) is 9.34. The Morgan fingerprint density at radius 1 is 1.23 bits per heavy atom. The Hall–Kier alpha value is -2.80. The number of thiazole rings is 1. The Morgan fingerprint density at radius 2 is 2.07 bits per heavy atom. The molecule has 0 radical (unpaired) electrons. The van der Waals surface area contributed by atoms with Gasteiger partial charge < -0.3 is 10.2 Å². The fraction of sp³-hybridized carbons (Fsp3) is 0.391. The van der Waals surface area contributed by atoms with Crippen LogP contribution in [0.15, 0.2) is 42.6 Å². The van der Waals surface area contributed by atoms with Crippen molar-refractivity contribution < 1.29 is 4.79 Å². The number of carbonyl (C=O) groups excluding carboxylic acids is 1. The van der Waals surface area contributed by atoms with Crippen LogP contribution in [0.25, 0.3) is 0 Å². The van der Waals surface area contributed by atoms with Gasteiger partial charge in [0.05, 0.1) is 6.42 Å². The molecule has 7 heteroatoms. The molecule has 0 aliphatic carbocycles. The van der Waals surface area contributed by atoms with Gasteiger partial charge in [0.1, 0.15) is 11.6 Å². The first-order valence-corrected chi connectivity index (χ1v) is 11.2. The predicted octanol–water partition coefficient (Wildman–Crippen LogP) is 4.32. The molecule has 2 aromatic heterocycles. The summed E-state index contributed by atoms with van der Waals surface area (Å²) in [6.07, 6.45) is 5.34. The van der Waals surface area contributed by atoms with Gasteiger partial charge in [-0.1, -0.05) is 30.3 Å². The molecule has 156 valence electrons. The van der Waals surface area contributed by atoms with Crippen LogP contribution in [0.2, 0.25) is 0 Å². The number of carbonyl (C=O) groups is 1. The van der Waals surface area contributed by atoms with Crippen LogP contribution in [0.3, 0.4) is 0 Å². The summed E-state index contributed by atoms with van der Waals surface area (Å²) in [6.45, 7) is 5.59. The van der Waals surface area contributed by atoms with Crippen molar-refractivity contribution in [2.75, 3.05) is 18.4 Å². The SMILES string of the molecule is Cc1nc(C[C@H]2CCCN(C(=O)Cc3ccccc3)C2)cc(Nc2ncc(C)s2)n1. The van der Waals surface area contributed by atoms with Crippen molar-refractivity contribution in [2.24, 2.45) is 5.92 Å². The van der Waals surface area contributed by atoms with Crippen molar-refractivity contribution in [1.29, 1.82) is 0 Å². The summed E-state index contributed by atoms with van der Waals surface area (Å²) >= 11 is 1.61. The van der Waals surface area contributed by atoms with Gasteiger partial charge in [-0.2, -0.15) is 0 Å². The number of anilines is 2. The highest BCUT2D eigenvalue weighted by Gasteiger charge is 2.24. The topological polar surface area (TPSA) is 71.0 Å². The fourth-order valence-electron chi connectivity index (χ4n) is 3.96. The van der Waals surface area contributed by atoms with Gasteiger partial charge in [-0.3, -0.25) is 4.79 Å². The highest BCUT2D eigenvalue weighted by molar-refractivity contribution is 7.15. The molecule has 30 heavy (non-hydrogen) atoms. The van der Waals surface area contributed by atoms with Gasteiger partial charge in [0.2, 0.25) is 5.91 Å². The third kappa shape index (κ3) is 5.42. The van der Waals surface area contributed by atoms with E-state index in [1.54, 1.807) is 11.3 Å². The monoisotopic (exact) mass is 421 g/mol. The van der Waals surface area contributed by atoms with Gasteiger partial charge in [-0.05, 0) is 44.6 Å². The molecule has 1 aromatic carbocycles. The molecule has 1 aliphatic rings. The molecule has 0 spiro atoms. The van der Waals surface area contributed by atoms with E-state index in [2.05, 4.69) is 20.3 Å². The molecule has 0 saturated carbocycles. The smallest absolute Gasteiger partial charge is 0.226 e. The number of nitrogens with one attached hydrogen (secondary N) is 1. The van der Waals surface area contributed by atoms with E-state index in [0.29, 0.717) is 12.3 Å². The zero-order valence-electron chi connectivity index (χ0n) is 17.5. The van der Waals surface area contributed by atoms with Crippen molar-refractivity contribution in [2.45, 2.75) is 39.5 Å². The number of amides is 1. The number of benzene rings is 1. The highest BCUT2D eigenvalue weighted by Crippen LogP contribution is 2.24. The molecule has 3 aromatic rings. The Labute approximate surface area is 181 Å². The minimum Gasteiger partial charge on any atom is -0.342 e. The Balaban J connectivity index is 1.39. The number of aryl methyl sites for hydroxylation is 2. The molecule has 3 heterocycles. The Kier molecular flexibility index (Phi) is 6.38. The van der Waals surface area contributed by atoms with E-state index in [0.717, 1.165) is 65.3 Å². The second-order valence-corrected chi connectivity index (χ2v) is 9.14. The highest BCUT2D eigenvalue weighted by atomic mass is 32.1. The number of piperidine rings is 1. The lowest BCUT2D eigenvalue weighted by atomic mass is 9.93. The maximum Gasteiger partial charge on any atom is 0.226 e. The standard InChI is InChI=1S/C23H27N5OS/c1-16-14-24-23(30-16)27-21-13-20(25-17(2)26-21)11-19-9-6-10-28(15-19)22(29)12-18-7-4-3-5-8-18/h3-5,7-8,13-14,19H,6,9-12,15H2,1-2H3,(H,24,25,26,27)/t19-/m1/s1. The summed E-state index contributed by atoms with van der Waals surface area (Å²) in [5.41, 5.74) is 2.09. The van der Waals surface area contributed by atoms with E-state index in [-0.39, 0.29) is 5.91 Å². The normalized spacial score (nSPS) is 16.5. The predicted molar refractivity (Wildman–Crippen MR) is 120 cm³/mol. The van der Waals surface area contributed by atoms with E-state index >= 15 is 0 Å². The third-order valence-electron chi connectivity index (χ3n) is 5.31. The van der Waals surface area contributed by atoms with Crippen molar-refractivity contribution in [3.8, 4) is 0 Å². The lowest BCUT2D eigenvalue weighted by Crippen LogP contribution is -2.41. The molecule has 1 fully saturated rings. The fourth-order valence-corrected chi connectivity index (χ4v) is 4.63. The van der Waals surface area contributed by atoms with Crippen LogP contribution in [-0.4, -0.2) is 38.8 Å². The average Bonchev–Trinajstić information content (AvgIpc) is 3.13.